The van der Waals surface area contributed by atoms with E-state index in [1.807, 2.05) is 0 Å². The van der Waals surface area contributed by atoms with Crippen LogP contribution < -0.4 is 5.32 Å². The minimum absolute atomic E-state index is 0.00862. The van der Waals surface area contributed by atoms with E-state index in [-0.39, 0.29) is 30.5 Å². The molecule has 0 aliphatic carbocycles. The van der Waals surface area contributed by atoms with Crippen molar-refractivity contribution in [3.05, 3.63) is 41.2 Å². The predicted molar refractivity (Wildman–Crippen MR) is 77.4 cm³/mol. The molecule has 0 bridgehead atoms. The number of hydrogen-bond donors (Lipinski definition) is 2. The van der Waals surface area contributed by atoms with E-state index in [1.165, 1.54) is 15.6 Å². The lowest BCUT2D eigenvalue weighted by atomic mass is 10.2. The van der Waals surface area contributed by atoms with Crippen molar-refractivity contribution in [2.75, 3.05) is 5.32 Å². The van der Waals surface area contributed by atoms with Crippen LogP contribution in [0.5, 0.6) is 0 Å². The summed E-state index contributed by atoms with van der Waals surface area (Å²) in [6.45, 7) is 2.03. The van der Waals surface area contributed by atoms with Gasteiger partial charge in [-0.3, -0.25) is 0 Å². The number of halogens is 2. The van der Waals surface area contributed by atoms with Gasteiger partial charge in [0, 0.05) is 11.8 Å². The molecule has 0 spiro atoms. The van der Waals surface area contributed by atoms with Crippen LogP contribution in [0.4, 0.5) is 19.3 Å². The summed E-state index contributed by atoms with van der Waals surface area (Å²) < 4.78 is 27.6. The van der Waals surface area contributed by atoms with E-state index in [2.05, 4.69) is 15.6 Å². The summed E-state index contributed by atoms with van der Waals surface area (Å²) in [5.74, 6) is -3.32. The van der Waals surface area contributed by atoms with Crippen molar-refractivity contribution < 1.29 is 23.5 Å². The second-order valence-electron chi connectivity index (χ2n) is 5.41. The summed E-state index contributed by atoms with van der Waals surface area (Å²) in [7, 11) is 0. The molecule has 0 saturated heterocycles. The zero-order chi connectivity index (χ0) is 17.4. The molecule has 126 valence electrons. The van der Waals surface area contributed by atoms with E-state index >= 15 is 0 Å². The predicted octanol–water partition coefficient (Wildman–Crippen LogP) is 1.69. The van der Waals surface area contributed by atoms with E-state index < -0.39 is 23.6 Å². The highest BCUT2D eigenvalue weighted by atomic mass is 19.2. The van der Waals surface area contributed by atoms with Crippen LogP contribution in [0, 0.1) is 11.6 Å². The van der Waals surface area contributed by atoms with Gasteiger partial charge >= 0.3 is 12.0 Å². The number of rotatable bonds is 2. The van der Waals surface area contributed by atoms with Crippen molar-refractivity contribution in [2.45, 2.75) is 26.1 Å². The van der Waals surface area contributed by atoms with Crippen LogP contribution in [0.1, 0.15) is 23.1 Å². The van der Waals surface area contributed by atoms with Crippen molar-refractivity contribution >= 4 is 17.7 Å². The Morgan fingerprint density at radius 2 is 2.08 bits per heavy atom. The first-order valence-electron chi connectivity index (χ1n) is 7.05. The van der Waals surface area contributed by atoms with E-state index in [1.54, 1.807) is 6.92 Å². The van der Waals surface area contributed by atoms with Crippen LogP contribution in [-0.4, -0.2) is 43.0 Å². The molecule has 2 aromatic rings. The number of nitrogens with zero attached hydrogens (tertiary/aromatic N) is 4. The molecule has 2 amide bonds. The van der Waals surface area contributed by atoms with Gasteiger partial charge in [-0.2, -0.15) is 0 Å². The molecule has 1 aliphatic rings. The van der Waals surface area contributed by atoms with Gasteiger partial charge < -0.3 is 15.3 Å². The average Bonchev–Trinajstić information content (AvgIpc) is 2.92. The Hall–Kier alpha value is -3.04. The highest BCUT2D eigenvalue weighted by molar-refractivity contribution is 5.90. The van der Waals surface area contributed by atoms with Crippen molar-refractivity contribution in [3.8, 4) is 0 Å². The zero-order valence-electron chi connectivity index (χ0n) is 12.5. The van der Waals surface area contributed by atoms with Crippen LogP contribution in [0.2, 0.25) is 0 Å². The first-order valence-corrected chi connectivity index (χ1v) is 7.05. The Morgan fingerprint density at radius 1 is 1.33 bits per heavy atom. The molecule has 3 rings (SSSR count). The van der Waals surface area contributed by atoms with Gasteiger partial charge in [0.1, 0.15) is 0 Å². The quantitative estimate of drug-likeness (QED) is 0.868. The maximum Gasteiger partial charge on any atom is 0.358 e. The van der Waals surface area contributed by atoms with Crippen LogP contribution in [-0.2, 0) is 13.1 Å². The van der Waals surface area contributed by atoms with Crippen molar-refractivity contribution in [1.82, 2.24) is 19.9 Å². The Morgan fingerprint density at radius 3 is 2.75 bits per heavy atom. The third-order valence-corrected chi connectivity index (χ3v) is 3.76. The third kappa shape index (κ3) is 2.77. The number of aromatic carboxylic acids is 1. The van der Waals surface area contributed by atoms with E-state index in [0.717, 1.165) is 12.1 Å². The van der Waals surface area contributed by atoms with Gasteiger partial charge in [0.25, 0.3) is 0 Å². The topological polar surface area (TPSA) is 100 Å². The summed E-state index contributed by atoms with van der Waals surface area (Å²) in [6.07, 6.45) is 0. The Bertz CT molecular complexity index is 823. The molecule has 0 unspecified atom stereocenters. The lowest BCUT2D eigenvalue weighted by Crippen LogP contribution is -2.47. The van der Waals surface area contributed by atoms with Gasteiger partial charge in [-0.1, -0.05) is 5.21 Å². The van der Waals surface area contributed by atoms with Gasteiger partial charge in [0.05, 0.1) is 24.8 Å². The molecule has 1 aromatic carbocycles. The van der Waals surface area contributed by atoms with Crippen molar-refractivity contribution in [2.24, 2.45) is 0 Å². The molecule has 24 heavy (non-hydrogen) atoms. The summed E-state index contributed by atoms with van der Waals surface area (Å²) in [5, 5.41) is 18.9. The molecule has 0 saturated carbocycles. The molecule has 8 nitrogen and oxygen atoms in total. The van der Waals surface area contributed by atoms with Crippen LogP contribution in [0.3, 0.4) is 0 Å². The van der Waals surface area contributed by atoms with E-state index in [9.17, 15) is 18.4 Å². The highest BCUT2D eigenvalue weighted by Gasteiger charge is 2.32. The summed E-state index contributed by atoms with van der Waals surface area (Å²) >= 11 is 0. The molecule has 10 heteroatoms. The summed E-state index contributed by atoms with van der Waals surface area (Å²) in [6, 6.07) is 2.17. The molecule has 1 atom stereocenters. The fourth-order valence-corrected chi connectivity index (χ4v) is 2.51. The molecule has 2 heterocycles. The maximum atomic E-state index is 13.2. The molecule has 1 aliphatic heterocycles. The van der Waals surface area contributed by atoms with E-state index in [0.29, 0.717) is 5.69 Å². The second-order valence-corrected chi connectivity index (χ2v) is 5.41. The minimum atomic E-state index is -1.23. The number of anilines is 1. The number of carbonyl (C=O) groups is 2. The highest BCUT2D eigenvalue weighted by Crippen LogP contribution is 2.21. The van der Waals surface area contributed by atoms with E-state index in [4.69, 9.17) is 5.11 Å². The smallest absolute Gasteiger partial charge is 0.358 e. The fourth-order valence-electron chi connectivity index (χ4n) is 2.51. The molecule has 2 N–H and O–H groups in total. The molecule has 0 radical (unpaired) electrons. The number of urea groups is 1. The Kier molecular flexibility index (Phi) is 3.87. The number of carbonyl (C=O) groups excluding carboxylic acids is 1. The van der Waals surface area contributed by atoms with Crippen LogP contribution >= 0.6 is 0 Å². The number of amides is 2. The van der Waals surface area contributed by atoms with Gasteiger partial charge in [-0.25, -0.2) is 23.1 Å². The second kappa shape index (κ2) is 5.87. The summed E-state index contributed by atoms with van der Waals surface area (Å²) in [4.78, 5) is 24.9. The van der Waals surface area contributed by atoms with Crippen LogP contribution in [0.15, 0.2) is 18.2 Å². The number of nitrogens with one attached hydrogen (secondary N) is 1. The van der Waals surface area contributed by atoms with Gasteiger partial charge in [-0.05, 0) is 19.1 Å². The largest absolute Gasteiger partial charge is 0.476 e. The molecule has 1 aromatic heterocycles. The van der Waals surface area contributed by atoms with Crippen LogP contribution in [0.25, 0.3) is 0 Å². The number of fused-ring (bicyclic) bond motifs is 1. The molecular formula is C14H13F2N5O3. The third-order valence-electron chi connectivity index (χ3n) is 3.76. The first-order chi connectivity index (χ1) is 11.4. The fraction of sp³-hybridized carbons (Fsp3) is 0.286. The monoisotopic (exact) mass is 337 g/mol. The van der Waals surface area contributed by atoms with Crippen molar-refractivity contribution in [3.63, 3.8) is 0 Å². The number of hydrogen-bond acceptors (Lipinski definition) is 4. The summed E-state index contributed by atoms with van der Waals surface area (Å²) in [5.41, 5.74) is 0.190. The zero-order valence-corrected chi connectivity index (χ0v) is 12.5. The number of benzene rings is 1. The lowest BCUT2D eigenvalue weighted by molar-refractivity contribution is 0.0685. The van der Waals surface area contributed by atoms with Gasteiger partial charge in [-0.15, -0.1) is 5.10 Å². The average molecular weight is 337 g/mol. The minimum Gasteiger partial charge on any atom is -0.476 e. The normalized spacial score (nSPS) is 16.6. The number of carboxylic acids is 1. The number of aromatic nitrogens is 3. The maximum absolute atomic E-state index is 13.2. The van der Waals surface area contributed by atoms with Crippen molar-refractivity contribution in [1.29, 1.82) is 0 Å². The first kappa shape index (κ1) is 15.8. The number of carboxylic acid groups (broad SMARTS) is 1. The Balaban J connectivity index is 1.80. The SMILES string of the molecule is C[C@H]1Cn2nnc(C(=O)O)c2CN1C(=O)Nc1ccc(F)c(F)c1. The van der Waals surface area contributed by atoms with Gasteiger partial charge in [0.15, 0.2) is 17.3 Å². The molecule has 0 fully saturated rings. The molecular weight excluding hydrogens is 324 g/mol. The standard InChI is InChI=1S/C14H13F2N5O3/c1-7-5-21-11(12(13(22)23)18-19-21)6-20(7)14(24)17-8-2-3-9(15)10(16)4-8/h2-4,7H,5-6H2,1H3,(H,17,24)(H,22,23)/t7-/m0/s1. The lowest BCUT2D eigenvalue weighted by Gasteiger charge is -2.33. The van der Waals surface area contributed by atoms with Gasteiger partial charge in [0.2, 0.25) is 0 Å². The Labute approximate surface area is 134 Å².